The summed E-state index contributed by atoms with van der Waals surface area (Å²) in [6.45, 7) is 0. The van der Waals surface area contributed by atoms with Crippen LogP contribution in [0, 0.1) is 0 Å². The van der Waals surface area contributed by atoms with Crippen molar-refractivity contribution in [1.29, 1.82) is 0 Å². The zero-order valence-electron chi connectivity index (χ0n) is 5.47. The number of hydrogen-bond donors (Lipinski definition) is 0. The van der Waals surface area contributed by atoms with Gasteiger partial charge >= 0.3 is 6.36 Å². The van der Waals surface area contributed by atoms with E-state index >= 15 is 0 Å². The van der Waals surface area contributed by atoms with Crippen molar-refractivity contribution in [1.82, 2.24) is 9.97 Å². The number of alkyl halides is 3. The van der Waals surface area contributed by atoms with Gasteiger partial charge in [-0.05, 0) is 11.6 Å². The van der Waals surface area contributed by atoms with Crippen molar-refractivity contribution in [2.45, 2.75) is 6.36 Å². The maximum Gasteiger partial charge on any atom is 0.573 e. The van der Waals surface area contributed by atoms with Gasteiger partial charge in [0.25, 0.3) is 0 Å². The van der Waals surface area contributed by atoms with Crippen molar-refractivity contribution in [2.75, 3.05) is 0 Å². The molecule has 0 amide bonds. The van der Waals surface area contributed by atoms with Crippen LogP contribution in [0.1, 0.15) is 0 Å². The molecule has 0 aliphatic rings. The minimum atomic E-state index is -4.73. The first-order valence-corrected chi connectivity index (χ1v) is 3.08. The van der Waals surface area contributed by atoms with Crippen LogP contribution in [0.3, 0.4) is 0 Å². The van der Waals surface area contributed by atoms with Crippen molar-refractivity contribution in [3.05, 3.63) is 17.7 Å². The maximum atomic E-state index is 11.5. The normalized spacial score (nSPS) is 11.3. The van der Waals surface area contributed by atoms with Crippen LogP contribution in [0.5, 0.6) is 5.75 Å². The van der Waals surface area contributed by atoms with Gasteiger partial charge in [0.1, 0.15) is 0 Å². The van der Waals surface area contributed by atoms with E-state index in [1.807, 2.05) is 0 Å². The van der Waals surface area contributed by atoms with Crippen LogP contribution in [-0.4, -0.2) is 16.3 Å². The van der Waals surface area contributed by atoms with Gasteiger partial charge in [-0.2, -0.15) is 0 Å². The van der Waals surface area contributed by atoms with Crippen molar-refractivity contribution in [2.24, 2.45) is 0 Å². The van der Waals surface area contributed by atoms with E-state index < -0.39 is 12.1 Å². The van der Waals surface area contributed by atoms with Crippen molar-refractivity contribution in [3.63, 3.8) is 0 Å². The summed E-state index contributed by atoms with van der Waals surface area (Å²) >= 11 is 5.22. The quantitative estimate of drug-likeness (QED) is 0.648. The molecule has 0 radical (unpaired) electrons. The molecule has 12 heavy (non-hydrogen) atoms. The minimum absolute atomic E-state index is 0.135. The third kappa shape index (κ3) is 2.91. The molecule has 0 fully saturated rings. The number of aromatic nitrogens is 2. The molecule has 3 nitrogen and oxygen atoms in total. The molecule has 7 heteroatoms. The Hall–Kier alpha value is -1.04. The highest BCUT2D eigenvalue weighted by atomic mass is 35.5. The second-order valence-corrected chi connectivity index (χ2v) is 2.07. The topological polar surface area (TPSA) is 35.0 Å². The zero-order valence-corrected chi connectivity index (χ0v) is 6.23. The van der Waals surface area contributed by atoms with E-state index in [-0.39, 0.29) is 5.28 Å². The summed E-state index contributed by atoms with van der Waals surface area (Å²) in [5, 5.41) is -0.135. The molecular weight excluding hydrogens is 197 g/mol. The Balaban J connectivity index is 2.71. The third-order valence-corrected chi connectivity index (χ3v) is 1.03. The lowest BCUT2D eigenvalue weighted by atomic mass is 10.6. The van der Waals surface area contributed by atoms with Crippen molar-refractivity contribution >= 4 is 11.6 Å². The van der Waals surface area contributed by atoms with E-state index in [2.05, 4.69) is 14.7 Å². The maximum absolute atomic E-state index is 11.5. The van der Waals surface area contributed by atoms with Gasteiger partial charge in [-0.15, -0.1) is 13.2 Å². The molecule has 1 rings (SSSR count). The van der Waals surface area contributed by atoms with Crippen molar-refractivity contribution in [3.8, 4) is 5.75 Å². The van der Waals surface area contributed by atoms with Gasteiger partial charge in [-0.25, -0.2) is 9.97 Å². The first-order valence-electron chi connectivity index (χ1n) is 2.71. The monoisotopic (exact) mass is 198 g/mol. The Bertz CT molecular complexity index is 260. The first kappa shape index (κ1) is 9.05. The van der Waals surface area contributed by atoms with Crippen LogP contribution in [0.25, 0.3) is 0 Å². The molecule has 0 aliphatic carbocycles. The van der Waals surface area contributed by atoms with Crippen molar-refractivity contribution < 1.29 is 17.9 Å². The Morgan fingerprint density at radius 2 is 1.75 bits per heavy atom. The summed E-state index contributed by atoms with van der Waals surface area (Å²) in [6.07, 6.45) is -3.05. The molecule has 0 atom stereocenters. The molecule has 0 N–H and O–H groups in total. The summed E-state index contributed by atoms with van der Waals surface area (Å²) in [6, 6.07) is 0. The molecule has 1 heterocycles. The average molecular weight is 199 g/mol. The molecule has 1 aromatic heterocycles. The number of hydrogen-bond acceptors (Lipinski definition) is 3. The van der Waals surface area contributed by atoms with E-state index in [9.17, 15) is 13.2 Å². The molecule has 0 spiro atoms. The predicted molar refractivity (Wildman–Crippen MR) is 33.7 cm³/mol. The Kier molecular flexibility index (Phi) is 2.37. The lowest BCUT2D eigenvalue weighted by molar-refractivity contribution is -0.274. The van der Waals surface area contributed by atoms with E-state index in [1.54, 1.807) is 0 Å². The molecule has 0 saturated carbocycles. The average Bonchev–Trinajstić information content (AvgIpc) is 1.91. The fraction of sp³-hybridized carbons (Fsp3) is 0.200. The summed E-state index contributed by atoms with van der Waals surface area (Å²) in [7, 11) is 0. The van der Waals surface area contributed by atoms with Gasteiger partial charge in [0.2, 0.25) is 5.28 Å². The minimum Gasteiger partial charge on any atom is -0.402 e. The summed E-state index contributed by atoms with van der Waals surface area (Å²) in [4.78, 5) is 6.59. The predicted octanol–water partition coefficient (Wildman–Crippen LogP) is 2.03. The van der Waals surface area contributed by atoms with Gasteiger partial charge in [0.15, 0.2) is 5.75 Å². The highest BCUT2D eigenvalue weighted by molar-refractivity contribution is 6.28. The highest BCUT2D eigenvalue weighted by Crippen LogP contribution is 2.21. The Morgan fingerprint density at radius 3 is 2.17 bits per heavy atom. The number of ether oxygens (including phenoxy) is 1. The number of nitrogens with zero attached hydrogens (tertiary/aromatic N) is 2. The molecule has 0 saturated heterocycles. The molecule has 0 aliphatic heterocycles. The molecule has 0 unspecified atom stereocenters. The fourth-order valence-electron chi connectivity index (χ4n) is 0.487. The lowest BCUT2D eigenvalue weighted by Gasteiger charge is -2.06. The van der Waals surface area contributed by atoms with Crippen LogP contribution >= 0.6 is 11.6 Å². The highest BCUT2D eigenvalue weighted by Gasteiger charge is 2.31. The largest absolute Gasteiger partial charge is 0.573 e. The Labute approximate surface area is 70.1 Å². The van der Waals surface area contributed by atoms with E-state index in [0.717, 1.165) is 12.4 Å². The Morgan fingerprint density at radius 1 is 1.25 bits per heavy atom. The standard InChI is InChI=1S/C5H2ClF3N2O/c6-4-10-1-3(2-11-4)12-5(7,8)9/h1-2H. The lowest BCUT2D eigenvalue weighted by Crippen LogP contribution is -2.17. The van der Waals surface area contributed by atoms with Crippen LogP contribution in [0.4, 0.5) is 13.2 Å². The molecule has 66 valence electrons. The number of halogens is 4. The smallest absolute Gasteiger partial charge is 0.402 e. The molecule has 0 bridgehead atoms. The number of rotatable bonds is 1. The summed E-state index contributed by atoms with van der Waals surface area (Å²) < 4.78 is 38.1. The van der Waals surface area contributed by atoms with Gasteiger partial charge < -0.3 is 4.74 Å². The van der Waals surface area contributed by atoms with Gasteiger partial charge in [0, 0.05) is 0 Å². The van der Waals surface area contributed by atoms with Crippen LogP contribution in [-0.2, 0) is 0 Å². The van der Waals surface area contributed by atoms with E-state index in [1.165, 1.54) is 0 Å². The second kappa shape index (κ2) is 3.14. The van der Waals surface area contributed by atoms with E-state index in [0.29, 0.717) is 0 Å². The van der Waals surface area contributed by atoms with Gasteiger partial charge in [-0.3, -0.25) is 0 Å². The fourth-order valence-corrected chi connectivity index (χ4v) is 0.584. The van der Waals surface area contributed by atoms with Crippen LogP contribution < -0.4 is 4.74 Å². The van der Waals surface area contributed by atoms with E-state index in [4.69, 9.17) is 11.6 Å². The molecule has 0 aromatic carbocycles. The summed E-state index contributed by atoms with van der Waals surface area (Å²) in [5.41, 5.74) is 0. The SMILES string of the molecule is FC(F)(F)Oc1cnc(Cl)nc1. The summed E-state index contributed by atoms with van der Waals surface area (Å²) in [5.74, 6) is -0.494. The third-order valence-electron chi connectivity index (χ3n) is 0.830. The van der Waals surface area contributed by atoms with Gasteiger partial charge in [0.05, 0.1) is 12.4 Å². The van der Waals surface area contributed by atoms with Crippen LogP contribution in [0.15, 0.2) is 12.4 Å². The van der Waals surface area contributed by atoms with Gasteiger partial charge in [-0.1, -0.05) is 0 Å². The first-order chi connectivity index (χ1) is 5.47. The zero-order chi connectivity index (χ0) is 9.19. The van der Waals surface area contributed by atoms with Crippen LogP contribution in [0.2, 0.25) is 5.28 Å². The molecule has 1 aromatic rings. The second-order valence-electron chi connectivity index (χ2n) is 1.74. The molecular formula is C5H2ClF3N2O.